The van der Waals surface area contributed by atoms with Crippen molar-refractivity contribution in [1.82, 2.24) is 24.6 Å². The summed E-state index contributed by atoms with van der Waals surface area (Å²) in [6.07, 6.45) is 8.71. The molecule has 0 aliphatic carbocycles. The number of nitrogens with one attached hydrogen (secondary N) is 1. The van der Waals surface area contributed by atoms with Gasteiger partial charge in [-0.2, -0.15) is 5.10 Å². The molecule has 6 rings (SSSR count). The zero-order valence-electron chi connectivity index (χ0n) is 19.7. The molecule has 4 aromatic rings. The average Bonchev–Trinajstić information content (AvgIpc) is 3.57. The molecule has 0 bridgehead atoms. The van der Waals surface area contributed by atoms with Gasteiger partial charge in [-0.1, -0.05) is 18.2 Å². The third kappa shape index (κ3) is 4.01. The first kappa shape index (κ1) is 21.1. The van der Waals surface area contributed by atoms with E-state index in [4.69, 9.17) is 0 Å². The van der Waals surface area contributed by atoms with Crippen LogP contribution in [0, 0.1) is 6.92 Å². The summed E-state index contributed by atoms with van der Waals surface area (Å²) in [4.78, 5) is 14.2. The number of likely N-dealkylation sites (tertiary alicyclic amines) is 1. The molecule has 2 aromatic carbocycles. The van der Waals surface area contributed by atoms with Gasteiger partial charge in [-0.3, -0.25) is 0 Å². The second kappa shape index (κ2) is 9.06. The summed E-state index contributed by atoms with van der Waals surface area (Å²) >= 11 is 0. The fourth-order valence-corrected chi connectivity index (χ4v) is 5.37. The first-order valence-corrected chi connectivity index (χ1v) is 12.4. The maximum absolute atomic E-state index is 4.64. The van der Waals surface area contributed by atoms with Gasteiger partial charge in [0.25, 0.3) is 0 Å². The Morgan fingerprint density at radius 2 is 1.59 bits per heavy atom. The monoisotopic (exact) mass is 453 g/mol. The smallest absolute Gasteiger partial charge is 0.168 e. The Bertz CT molecular complexity index is 1270. The number of hydrogen-bond acceptors (Lipinski definition) is 6. The number of rotatable bonds is 5. The molecule has 7 nitrogen and oxygen atoms in total. The third-order valence-electron chi connectivity index (χ3n) is 7.34. The van der Waals surface area contributed by atoms with E-state index in [0.29, 0.717) is 0 Å². The van der Waals surface area contributed by atoms with Gasteiger partial charge in [0.2, 0.25) is 0 Å². The molecule has 4 heterocycles. The molecule has 0 spiro atoms. The normalized spacial score (nSPS) is 17.5. The van der Waals surface area contributed by atoms with E-state index in [2.05, 4.69) is 73.5 Å². The lowest BCUT2D eigenvalue weighted by Crippen LogP contribution is -2.43. The Labute approximate surface area is 200 Å². The predicted octanol–water partition coefficient (Wildman–Crippen LogP) is 4.93. The molecule has 2 aliphatic heterocycles. The van der Waals surface area contributed by atoms with Crippen molar-refractivity contribution in [3.05, 3.63) is 66.6 Å². The highest BCUT2D eigenvalue weighted by atomic mass is 15.3. The van der Waals surface area contributed by atoms with Crippen LogP contribution in [0.4, 0.5) is 17.2 Å². The first-order valence-electron chi connectivity index (χ1n) is 12.4. The molecule has 2 saturated heterocycles. The quantitative estimate of drug-likeness (QED) is 0.462. The van der Waals surface area contributed by atoms with Crippen LogP contribution >= 0.6 is 0 Å². The molecule has 2 aromatic heterocycles. The van der Waals surface area contributed by atoms with Crippen molar-refractivity contribution < 1.29 is 0 Å². The van der Waals surface area contributed by atoms with Gasteiger partial charge in [-0.25, -0.2) is 14.6 Å². The molecule has 7 heteroatoms. The van der Waals surface area contributed by atoms with Gasteiger partial charge in [0, 0.05) is 30.5 Å². The molecule has 0 radical (unpaired) electrons. The number of benzene rings is 2. The highest BCUT2D eigenvalue weighted by Crippen LogP contribution is 2.28. The molecule has 34 heavy (non-hydrogen) atoms. The Morgan fingerprint density at radius 1 is 0.853 bits per heavy atom. The van der Waals surface area contributed by atoms with Gasteiger partial charge in [0.15, 0.2) is 5.65 Å². The minimum absolute atomic E-state index is 0.767. The lowest BCUT2D eigenvalue weighted by atomic mass is 10.0. The van der Waals surface area contributed by atoms with Crippen molar-refractivity contribution in [2.24, 2.45) is 0 Å². The van der Waals surface area contributed by atoms with E-state index < -0.39 is 0 Å². The number of aryl methyl sites for hydroxylation is 1. The van der Waals surface area contributed by atoms with Crippen molar-refractivity contribution >= 4 is 28.2 Å². The van der Waals surface area contributed by atoms with Crippen LogP contribution in [0.5, 0.6) is 0 Å². The SMILES string of the molecule is Cc1ccccc1Nc1ncnc2c1cnn2-c1ccc(N2CCC(N3CCCC3)CC2)cc1. The molecule has 1 N–H and O–H groups in total. The zero-order chi connectivity index (χ0) is 22.9. The number of para-hydroxylation sites is 1. The van der Waals surface area contributed by atoms with E-state index in [1.807, 2.05) is 23.0 Å². The van der Waals surface area contributed by atoms with Gasteiger partial charge >= 0.3 is 0 Å². The van der Waals surface area contributed by atoms with Crippen molar-refractivity contribution in [3.63, 3.8) is 0 Å². The van der Waals surface area contributed by atoms with Gasteiger partial charge in [0.05, 0.1) is 17.3 Å². The first-order chi connectivity index (χ1) is 16.8. The second-order valence-electron chi connectivity index (χ2n) is 9.43. The number of fused-ring (bicyclic) bond motifs is 1. The molecule has 2 fully saturated rings. The molecule has 0 saturated carbocycles. The Balaban J connectivity index is 1.19. The molecule has 174 valence electrons. The van der Waals surface area contributed by atoms with E-state index in [9.17, 15) is 0 Å². The number of hydrogen-bond donors (Lipinski definition) is 1. The largest absolute Gasteiger partial charge is 0.371 e. The maximum atomic E-state index is 4.64. The van der Waals surface area contributed by atoms with Crippen LogP contribution in [0.3, 0.4) is 0 Å². The average molecular weight is 454 g/mol. The molecular formula is C27H31N7. The molecule has 0 atom stereocenters. The number of piperidine rings is 1. The van der Waals surface area contributed by atoms with E-state index in [-0.39, 0.29) is 0 Å². The summed E-state index contributed by atoms with van der Waals surface area (Å²) in [6, 6.07) is 17.7. The van der Waals surface area contributed by atoms with E-state index in [1.54, 1.807) is 6.33 Å². The summed E-state index contributed by atoms with van der Waals surface area (Å²) in [7, 11) is 0. The summed E-state index contributed by atoms with van der Waals surface area (Å²) in [6.45, 7) is 6.94. The van der Waals surface area contributed by atoms with Crippen molar-refractivity contribution in [3.8, 4) is 5.69 Å². The Hall–Kier alpha value is -3.45. The van der Waals surface area contributed by atoms with Crippen LogP contribution in [-0.2, 0) is 0 Å². The van der Waals surface area contributed by atoms with E-state index in [1.165, 1.54) is 50.0 Å². The molecule has 0 unspecified atom stereocenters. The summed E-state index contributed by atoms with van der Waals surface area (Å²) < 4.78 is 1.89. The van der Waals surface area contributed by atoms with Crippen LogP contribution in [-0.4, -0.2) is 56.9 Å². The van der Waals surface area contributed by atoms with Gasteiger partial charge < -0.3 is 15.1 Å². The molecule has 0 amide bonds. The van der Waals surface area contributed by atoms with Crippen LogP contribution in [0.2, 0.25) is 0 Å². The number of aromatic nitrogens is 4. The highest BCUT2D eigenvalue weighted by molar-refractivity contribution is 5.89. The summed E-state index contributed by atoms with van der Waals surface area (Å²) in [5.41, 5.74) is 5.29. The van der Waals surface area contributed by atoms with E-state index in [0.717, 1.165) is 47.4 Å². The van der Waals surface area contributed by atoms with Crippen LogP contribution in [0.15, 0.2) is 61.1 Å². The number of nitrogens with zero attached hydrogens (tertiary/aromatic N) is 6. The fraction of sp³-hybridized carbons (Fsp3) is 0.370. The minimum Gasteiger partial charge on any atom is -0.371 e. The lowest BCUT2D eigenvalue weighted by Gasteiger charge is -2.37. The lowest BCUT2D eigenvalue weighted by molar-refractivity contribution is 0.208. The van der Waals surface area contributed by atoms with Crippen molar-refractivity contribution in [2.75, 3.05) is 36.4 Å². The standard InChI is InChI=1S/C27H31N7/c1-20-6-2-3-7-25(20)31-26-24-18-30-34(27(24)29-19-28-26)23-10-8-21(9-11-23)33-16-12-22(13-17-33)32-14-4-5-15-32/h2-3,6-11,18-19,22H,4-5,12-17H2,1H3,(H,28,29,31). The summed E-state index contributed by atoms with van der Waals surface area (Å²) in [5.74, 6) is 0.767. The van der Waals surface area contributed by atoms with Crippen molar-refractivity contribution in [1.29, 1.82) is 0 Å². The Morgan fingerprint density at radius 3 is 2.35 bits per heavy atom. The second-order valence-corrected chi connectivity index (χ2v) is 9.43. The van der Waals surface area contributed by atoms with Crippen LogP contribution < -0.4 is 10.2 Å². The molecule has 2 aliphatic rings. The van der Waals surface area contributed by atoms with Gasteiger partial charge in [-0.15, -0.1) is 0 Å². The maximum Gasteiger partial charge on any atom is 0.168 e. The summed E-state index contributed by atoms with van der Waals surface area (Å²) in [5, 5.41) is 8.98. The fourth-order valence-electron chi connectivity index (χ4n) is 5.37. The van der Waals surface area contributed by atoms with Gasteiger partial charge in [0.1, 0.15) is 12.1 Å². The number of anilines is 3. The van der Waals surface area contributed by atoms with Crippen molar-refractivity contribution in [2.45, 2.75) is 38.6 Å². The van der Waals surface area contributed by atoms with Crippen LogP contribution in [0.1, 0.15) is 31.2 Å². The topological polar surface area (TPSA) is 62.1 Å². The van der Waals surface area contributed by atoms with Crippen LogP contribution in [0.25, 0.3) is 16.7 Å². The minimum atomic E-state index is 0.767. The zero-order valence-corrected chi connectivity index (χ0v) is 19.7. The predicted molar refractivity (Wildman–Crippen MR) is 137 cm³/mol. The third-order valence-corrected chi connectivity index (χ3v) is 7.34. The molecular weight excluding hydrogens is 422 g/mol. The van der Waals surface area contributed by atoms with E-state index >= 15 is 0 Å². The highest BCUT2D eigenvalue weighted by Gasteiger charge is 2.26. The van der Waals surface area contributed by atoms with Gasteiger partial charge in [-0.05, 0) is 81.6 Å². The Kier molecular flexibility index (Phi) is 5.63.